The zero-order valence-electron chi connectivity index (χ0n) is 10.7. The first-order chi connectivity index (χ1) is 7.45. The van der Waals surface area contributed by atoms with Crippen LogP contribution >= 0.6 is 0 Å². The van der Waals surface area contributed by atoms with Crippen LogP contribution in [0.4, 0.5) is 5.69 Å². The fraction of sp³-hybridized carbons (Fsp3) is 0.571. The van der Waals surface area contributed by atoms with Crippen molar-refractivity contribution in [3.8, 4) is 0 Å². The van der Waals surface area contributed by atoms with Crippen LogP contribution in [0.5, 0.6) is 0 Å². The second-order valence-corrected chi connectivity index (χ2v) is 5.57. The molecule has 0 aromatic heterocycles. The molecule has 0 saturated heterocycles. The quantitative estimate of drug-likeness (QED) is 0.785. The molecule has 88 valence electrons. The molecule has 0 amide bonds. The topological polar surface area (TPSA) is 29.3 Å². The summed E-state index contributed by atoms with van der Waals surface area (Å²) in [6.45, 7) is 7.56. The third-order valence-electron chi connectivity index (χ3n) is 3.93. The van der Waals surface area contributed by atoms with Gasteiger partial charge in [0.15, 0.2) is 0 Å². The van der Waals surface area contributed by atoms with Gasteiger partial charge in [-0.2, -0.15) is 0 Å². The molecule has 2 N–H and O–H groups in total. The maximum atomic E-state index is 5.70. The first-order valence-electron chi connectivity index (χ1n) is 6.02. The lowest BCUT2D eigenvalue weighted by Crippen LogP contribution is -2.45. The van der Waals surface area contributed by atoms with Gasteiger partial charge in [0.05, 0.1) is 0 Å². The lowest BCUT2D eigenvalue weighted by atomic mass is 9.80. The van der Waals surface area contributed by atoms with Crippen molar-refractivity contribution >= 4 is 5.69 Å². The maximum absolute atomic E-state index is 5.70. The normalized spacial score (nSPS) is 23.1. The Hall–Kier alpha value is -1.02. The summed E-state index contributed by atoms with van der Waals surface area (Å²) in [6, 6.07) is 6.63. The van der Waals surface area contributed by atoms with Crippen LogP contribution in [-0.4, -0.2) is 12.6 Å². The second kappa shape index (κ2) is 3.77. The highest BCUT2D eigenvalue weighted by Crippen LogP contribution is 2.42. The number of anilines is 1. The van der Waals surface area contributed by atoms with Gasteiger partial charge in [-0.15, -0.1) is 0 Å². The molecule has 1 aliphatic rings. The minimum atomic E-state index is 0.247. The number of rotatable bonds is 1. The highest BCUT2D eigenvalue weighted by molar-refractivity contribution is 5.60. The smallest absolute Gasteiger partial charge is 0.0403 e. The molecule has 2 rings (SSSR count). The van der Waals surface area contributed by atoms with Crippen LogP contribution < -0.4 is 10.6 Å². The molecule has 2 heteroatoms. The molecule has 1 aromatic carbocycles. The zero-order valence-corrected chi connectivity index (χ0v) is 10.7. The highest BCUT2D eigenvalue weighted by atomic mass is 15.2. The third kappa shape index (κ3) is 1.71. The Labute approximate surface area is 98.4 Å². The van der Waals surface area contributed by atoms with E-state index in [1.165, 1.54) is 23.2 Å². The van der Waals surface area contributed by atoms with Crippen LogP contribution in [0, 0.1) is 0 Å². The SMILES string of the molecule is C[C@@H]1CC(C)(C)N(C)c2ccc(CN)cc21. The lowest BCUT2D eigenvalue weighted by Gasteiger charge is -2.45. The van der Waals surface area contributed by atoms with Gasteiger partial charge in [-0.3, -0.25) is 0 Å². The van der Waals surface area contributed by atoms with Crippen molar-refractivity contribution in [2.75, 3.05) is 11.9 Å². The van der Waals surface area contributed by atoms with E-state index >= 15 is 0 Å². The summed E-state index contributed by atoms with van der Waals surface area (Å²) in [7, 11) is 2.19. The van der Waals surface area contributed by atoms with Crippen molar-refractivity contribution in [1.82, 2.24) is 0 Å². The van der Waals surface area contributed by atoms with Gasteiger partial charge in [0, 0.05) is 24.8 Å². The van der Waals surface area contributed by atoms with Crippen LogP contribution in [-0.2, 0) is 6.54 Å². The molecule has 1 heterocycles. The summed E-state index contributed by atoms with van der Waals surface area (Å²) in [5.74, 6) is 0.618. The molecular weight excluding hydrogens is 196 g/mol. The maximum Gasteiger partial charge on any atom is 0.0403 e. The monoisotopic (exact) mass is 218 g/mol. The van der Waals surface area contributed by atoms with Gasteiger partial charge in [0.1, 0.15) is 0 Å². The van der Waals surface area contributed by atoms with Crippen molar-refractivity contribution < 1.29 is 0 Å². The summed E-state index contributed by atoms with van der Waals surface area (Å²) >= 11 is 0. The van der Waals surface area contributed by atoms with E-state index in [4.69, 9.17) is 5.73 Å². The van der Waals surface area contributed by atoms with Crippen molar-refractivity contribution in [3.63, 3.8) is 0 Å². The predicted octanol–water partition coefficient (Wildman–Crippen LogP) is 2.87. The van der Waals surface area contributed by atoms with E-state index < -0.39 is 0 Å². The Bertz CT molecular complexity index is 396. The van der Waals surface area contributed by atoms with Gasteiger partial charge in [-0.05, 0) is 43.4 Å². The predicted molar refractivity (Wildman–Crippen MR) is 69.8 cm³/mol. The number of benzene rings is 1. The largest absolute Gasteiger partial charge is 0.369 e. The second-order valence-electron chi connectivity index (χ2n) is 5.57. The highest BCUT2D eigenvalue weighted by Gasteiger charge is 2.33. The number of nitrogens with two attached hydrogens (primary N) is 1. The lowest BCUT2D eigenvalue weighted by molar-refractivity contribution is 0.395. The molecule has 0 bridgehead atoms. The Morgan fingerprint density at radius 3 is 2.75 bits per heavy atom. The Kier molecular flexibility index (Phi) is 2.70. The third-order valence-corrected chi connectivity index (χ3v) is 3.93. The molecule has 1 aliphatic heterocycles. The van der Waals surface area contributed by atoms with E-state index in [1.807, 2.05) is 0 Å². The average molecular weight is 218 g/mol. The van der Waals surface area contributed by atoms with E-state index in [-0.39, 0.29) is 5.54 Å². The molecule has 0 aliphatic carbocycles. The van der Waals surface area contributed by atoms with Crippen LogP contribution in [0.15, 0.2) is 18.2 Å². The van der Waals surface area contributed by atoms with Gasteiger partial charge >= 0.3 is 0 Å². The molecule has 1 atom stereocenters. The van der Waals surface area contributed by atoms with Gasteiger partial charge in [-0.25, -0.2) is 0 Å². The van der Waals surface area contributed by atoms with E-state index in [2.05, 4.69) is 50.9 Å². The van der Waals surface area contributed by atoms with Gasteiger partial charge in [-0.1, -0.05) is 19.1 Å². The molecule has 0 fully saturated rings. The Morgan fingerprint density at radius 2 is 2.12 bits per heavy atom. The minimum absolute atomic E-state index is 0.247. The molecule has 0 spiro atoms. The van der Waals surface area contributed by atoms with E-state index in [9.17, 15) is 0 Å². The van der Waals surface area contributed by atoms with Gasteiger partial charge < -0.3 is 10.6 Å². The van der Waals surface area contributed by atoms with E-state index in [0.29, 0.717) is 12.5 Å². The van der Waals surface area contributed by atoms with Crippen molar-refractivity contribution in [2.24, 2.45) is 5.73 Å². The Morgan fingerprint density at radius 1 is 1.44 bits per heavy atom. The van der Waals surface area contributed by atoms with Crippen LogP contribution in [0.2, 0.25) is 0 Å². The Balaban J connectivity index is 2.50. The molecule has 0 unspecified atom stereocenters. The zero-order chi connectivity index (χ0) is 11.9. The molecule has 2 nitrogen and oxygen atoms in total. The molecule has 16 heavy (non-hydrogen) atoms. The van der Waals surface area contributed by atoms with Crippen molar-refractivity contribution in [1.29, 1.82) is 0 Å². The van der Waals surface area contributed by atoms with E-state index in [1.54, 1.807) is 0 Å². The standard InChI is InChI=1S/C14H22N2/c1-10-8-14(2,3)16(4)13-6-5-11(9-15)7-12(10)13/h5-7,10H,8-9,15H2,1-4H3/t10-/m1/s1. The van der Waals surface area contributed by atoms with Crippen LogP contribution in [0.3, 0.4) is 0 Å². The summed E-state index contributed by atoms with van der Waals surface area (Å²) in [6.07, 6.45) is 1.20. The van der Waals surface area contributed by atoms with E-state index in [0.717, 1.165) is 0 Å². The average Bonchev–Trinajstić information content (AvgIpc) is 2.25. The first-order valence-corrected chi connectivity index (χ1v) is 6.02. The number of hydrogen-bond donors (Lipinski definition) is 1. The molecule has 0 saturated carbocycles. The molecule has 0 radical (unpaired) electrons. The fourth-order valence-electron chi connectivity index (χ4n) is 2.75. The number of hydrogen-bond acceptors (Lipinski definition) is 2. The number of nitrogens with zero attached hydrogens (tertiary/aromatic N) is 1. The van der Waals surface area contributed by atoms with Crippen LogP contribution in [0.1, 0.15) is 44.2 Å². The van der Waals surface area contributed by atoms with Gasteiger partial charge in [0.2, 0.25) is 0 Å². The molecule has 1 aromatic rings. The minimum Gasteiger partial charge on any atom is -0.369 e. The van der Waals surface area contributed by atoms with Gasteiger partial charge in [0.25, 0.3) is 0 Å². The molecular formula is C14H22N2. The summed E-state index contributed by atoms with van der Waals surface area (Å²) in [4.78, 5) is 2.39. The number of fused-ring (bicyclic) bond motifs is 1. The summed E-state index contributed by atoms with van der Waals surface area (Å²) < 4.78 is 0. The summed E-state index contributed by atoms with van der Waals surface area (Å²) in [5.41, 5.74) is 10.00. The van der Waals surface area contributed by atoms with Crippen molar-refractivity contribution in [2.45, 2.75) is 45.2 Å². The van der Waals surface area contributed by atoms with Crippen LogP contribution in [0.25, 0.3) is 0 Å². The summed E-state index contributed by atoms with van der Waals surface area (Å²) in [5, 5.41) is 0. The first kappa shape index (κ1) is 11.5. The fourth-order valence-corrected chi connectivity index (χ4v) is 2.75. The van der Waals surface area contributed by atoms with Crippen molar-refractivity contribution in [3.05, 3.63) is 29.3 Å².